The number of hydrogen-bond acceptors (Lipinski definition) is 2. The standard InChI is InChI=1S/C3H6N2S.Y/c6-3-4-1-2-5-3;/h1-2H2,(H2,4,5,6);. The molecule has 1 aliphatic heterocycles. The van der Waals surface area contributed by atoms with E-state index in [-0.39, 0.29) is 32.7 Å². The second kappa shape index (κ2) is 3.75. The molecule has 0 aromatic rings. The van der Waals surface area contributed by atoms with Crippen LogP contribution in [0.1, 0.15) is 0 Å². The van der Waals surface area contributed by atoms with Crippen LogP contribution in [-0.2, 0) is 45.3 Å². The molecule has 7 heavy (non-hydrogen) atoms. The quantitative estimate of drug-likeness (QED) is 0.416. The predicted octanol–water partition coefficient (Wildman–Crippen LogP) is -2.43. The summed E-state index contributed by atoms with van der Waals surface area (Å²) < 4.78 is 0. The molecular weight excluding hydrogens is 185 g/mol. The minimum atomic E-state index is 0. The average molecular weight is 191 g/mol. The van der Waals surface area contributed by atoms with Crippen LogP contribution in [0.15, 0.2) is 0 Å². The van der Waals surface area contributed by atoms with E-state index in [0.29, 0.717) is 0 Å². The topological polar surface area (TPSA) is 26.0 Å². The van der Waals surface area contributed by atoms with Crippen molar-refractivity contribution in [3.63, 3.8) is 0 Å². The fourth-order valence-corrected chi connectivity index (χ4v) is 0.619. The van der Waals surface area contributed by atoms with E-state index in [9.17, 15) is 0 Å². The Morgan fingerprint density at radius 3 is 2.57 bits per heavy atom. The van der Waals surface area contributed by atoms with Crippen LogP contribution in [0, 0.1) is 0 Å². The average Bonchev–Trinajstić information content (AvgIpc) is 1.86. The van der Waals surface area contributed by atoms with Crippen LogP contribution in [0.25, 0.3) is 0 Å². The van der Waals surface area contributed by atoms with E-state index < -0.39 is 0 Å². The molecule has 0 aliphatic carbocycles. The molecule has 4 heteroatoms. The van der Waals surface area contributed by atoms with E-state index in [1.807, 2.05) is 0 Å². The first-order valence-corrected chi connectivity index (χ1v) is 2.32. The van der Waals surface area contributed by atoms with Gasteiger partial charge in [0.25, 0.3) is 0 Å². The van der Waals surface area contributed by atoms with Gasteiger partial charge in [0, 0.05) is 32.7 Å². The molecular formula is C3H6N2SY. The summed E-state index contributed by atoms with van der Waals surface area (Å²) in [4.78, 5) is 2.94. The molecule has 0 saturated carbocycles. The van der Waals surface area contributed by atoms with Crippen molar-refractivity contribution in [2.75, 3.05) is 13.1 Å². The van der Waals surface area contributed by atoms with Crippen molar-refractivity contribution in [1.29, 1.82) is 0 Å². The Labute approximate surface area is 73.4 Å². The zero-order valence-electron chi connectivity index (χ0n) is 3.90. The Morgan fingerprint density at radius 2 is 2.43 bits per heavy atom. The van der Waals surface area contributed by atoms with Crippen LogP contribution < -0.4 is 10.3 Å². The van der Waals surface area contributed by atoms with Crippen molar-refractivity contribution in [3.8, 4) is 0 Å². The zero-order chi connectivity index (χ0) is 4.41. The van der Waals surface area contributed by atoms with Gasteiger partial charge in [0.05, 0.1) is 0 Å². The summed E-state index contributed by atoms with van der Waals surface area (Å²) >= 11 is 4.70. The van der Waals surface area contributed by atoms with Crippen molar-refractivity contribution >= 4 is 17.8 Å². The molecule has 1 aliphatic rings. The van der Waals surface area contributed by atoms with Gasteiger partial charge < -0.3 is 12.6 Å². The van der Waals surface area contributed by atoms with Crippen LogP contribution in [0.3, 0.4) is 0 Å². The monoisotopic (exact) mass is 191 g/mol. The van der Waals surface area contributed by atoms with Crippen LogP contribution in [-0.4, -0.2) is 18.3 Å². The molecule has 2 nitrogen and oxygen atoms in total. The van der Waals surface area contributed by atoms with Crippen molar-refractivity contribution in [2.45, 2.75) is 0 Å². The number of nitrogens with one attached hydrogen (secondary N) is 2. The Bertz CT molecular complexity index is 83.0. The largest absolute Gasteiger partial charge is 0.693 e. The van der Waals surface area contributed by atoms with Gasteiger partial charge in [-0.2, -0.15) is 0 Å². The molecule has 0 amide bonds. The Hall–Kier alpha value is 0.794. The predicted molar refractivity (Wildman–Crippen MR) is 26.2 cm³/mol. The third-order valence-electron chi connectivity index (χ3n) is 0.696. The number of hydrogen-bond donors (Lipinski definition) is 2. The van der Waals surface area contributed by atoms with E-state index in [1.54, 1.807) is 0 Å². The van der Waals surface area contributed by atoms with Gasteiger partial charge in [0.2, 0.25) is 0 Å². The van der Waals surface area contributed by atoms with E-state index >= 15 is 0 Å². The van der Waals surface area contributed by atoms with Gasteiger partial charge >= 0.3 is 0 Å². The molecule has 1 radical (unpaired) electrons. The van der Waals surface area contributed by atoms with Crippen molar-refractivity contribution in [3.05, 3.63) is 0 Å². The van der Waals surface area contributed by atoms with Crippen molar-refractivity contribution in [2.24, 2.45) is 0 Å². The molecule has 0 aromatic carbocycles. The fraction of sp³-hybridized carbons (Fsp3) is 0.667. The van der Waals surface area contributed by atoms with Crippen LogP contribution in [0.4, 0.5) is 0 Å². The molecule has 2 N–H and O–H groups in total. The summed E-state index contributed by atoms with van der Waals surface area (Å²) in [5.41, 5.74) is 0. The number of rotatable bonds is 0. The first-order valence-electron chi connectivity index (χ1n) is 1.91. The fourth-order valence-electron chi connectivity index (χ4n) is 0.415. The van der Waals surface area contributed by atoms with Gasteiger partial charge in [0.15, 0.2) is 0 Å². The van der Waals surface area contributed by atoms with E-state index in [0.717, 1.165) is 18.3 Å². The Morgan fingerprint density at radius 1 is 1.71 bits per heavy atom. The minimum absolute atomic E-state index is 0. The molecule has 0 unspecified atom stereocenters. The zero-order valence-corrected chi connectivity index (χ0v) is 7.55. The molecule has 0 aromatic heterocycles. The van der Waals surface area contributed by atoms with Gasteiger partial charge in [-0.3, -0.25) is 10.3 Å². The summed E-state index contributed by atoms with van der Waals surface area (Å²) in [6.07, 6.45) is 0. The molecule has 0 spiro atoms. The van der Waals surface area contributed by atoms with Crippen LogP contribution in [0.2, 0.25) is 0 Å². The number of amidine groups is 1. The normalized spacial score (nSPS) is 16.9. The first-order chi connectivity index (χ1) is 2.89. The SMILES string of the molecule is [S-]C1=[NH+]CCN1.[Y]. The van der Waals surface area contributed by atoms with E-state index in [1.165, 1.54) is 0 Å². The molecule has 37 valence electrons. The summed E-state index contributed by atoms with van der Waals surface area (Å²) in [6.45, 7) is 1.97. The second-order valence-electron chi connectivity index (χ2n) is 1.18. The molecule has 0 bridgehead atoms. The van der Waals surface area contributed by atoms with Crippen molar-refractivity contribution < 1.29 is 37.7 Å². The molecule has 0 saturated heterocycles. The van der Waals surface area contributed by atoms with Gasteiger partial charge in [0.1, 0.15) is 18.3 Å². The maximum Gasteiger partial charge on any atom is 0.121 e. The van der Waals surface area contributed by atoms with Gasteiger partial charge in [-0.1, -0.05) is 0 Å². The third-order valence-corrected chi connectivity index (χ3v) is 0.985. The molecule has 1 rings (SSSR count). The van der Waals surface area contributed by atoms with Crippen LogP contribution in [0.5, 0.6) is 0 Å². The Balaban J connectivity index is 0.000000360. The van der Waals surface area contributed by atoms with E-state index in [2.05, 4.69) is 10.3 Å². The molecule has 1 heterocycles. The smallest absolute Gasteiger partial charge is 0.121 e. The van der Waals surface area contributed by atoms with Gasteiger partial charge in [-0.05, 0) is 0 Å². The van der Waals surface area contributed by atoms with Crippen LogP contribution >= 0.6 is 0 Å². The van der Waals surface area contributed by atoms with E-state index in [4.69, 9.17) is 12.6 Å². The van der Waals surface area contributed by atoms with Gasteiger partial charge in [-0.25, -0.2) is 0 Å². The summed E-state index contributed by atoms with van der Waals surface area (Å²) in [7, 11) is 0. The summed E-state index contributed by atoms with van der Waals surface area (Å²) in [5.74, 6) is 0. The molecule has 0 atom stereocenters. The third kappa shape index (κ3) is 2.57. The maximum absolute atomic E-state index is 4.70. The second-order valence-corrected chi connectivity index (χ2v) is 1.59. The van der Waals surface area contributed by atoms with Gasteiger partial charge in [-0.15, -0.1) is 0 Å². The molecule has 0 fully saturated rings. The maximum atomic E-state index is 4.70. The summed E-state index contributed by atoms with van der Waals surface area (Å²) in [6, 6.07) is 0. The minimum Gasteiger partial charge on any atom is -0.693 e. The Kier molecular flexibility index (Phi) is 4.18. The summed E-state index contributed by atoms with van der Waals surface area (Å²) in [5, 5.41) is 3.73. The first kappa shape index (κ1) is 7.79. The van der Waals surface area contributed by atoms with Crippen molar-refractivity contribution in [1.82, 2.24) is 5.32 Å².